The normalized spacial score (nSPS) is 10.7. The second-order valence-electron chi connectivity index (χ2n) is 2.92. The van der Waals surface area contributed by atoms with Crippen LogP contribution in [0.25, 0.3) is 0 Å². The lowest BCUT2D eigenvalue weighted by Gasteiger charge is -2.02. The van der Waals surface area contributed by atoms with Crippen LogP contribution in [0.4, 0.5) is 0 Å². The minimum absolute atomic E-state index is 0.534. The first-order chi connectivity index (χ1) is 6.79. The largest absolute Gasteiger partial charge is 0.325 e. The minimum atomic E-state index is 0.534. The highest BCUT2D eigenvalue weighted by Gasteiger charge is 2.03. The van der Waals surface area contributed by atoms with Gasteiger partial charge in [-0.2, -0.15) is 5.10 Å². The summed E-state index contributed by atoms with van der Waals surface area (Å²) in [6, 6.07) is 4.05. The standard InChI is InChI=1S/C9H10BrN3S/c10-7-3-9(14-6-7)5-13-8(4-11)1-2-12-13/h1-3,6H,4-5,11H2. The zero-order valence-corrected chi connectivity index (χ0v) is 9.88. The van der Waals surface area contributed by atoms with Crippen LogP contribution >= 0.6 is 27.3 Å². The van der Waals surface area contributed by atoms with Gasteiger partial charge in [-0.1, -0.05) is 0 Å². The summed E-state index contributed by atoms with van der Waals surface area (Å²) in [7, 11) is 0. The van der Waals surface area contributed by atoms with Crippen molar-refractivity contribution in [1.29, 1.82) is 0 Å². The van der Waals surface area contributed by atoms with Crippen molar-refractivity contribution in [3.8, 4) is 0 Å². The van der Waals surface area contributed by atoms with Crippen LogP contribution in [-0.2, 0) is 13.1 Å². The number of thiophene rings is 1. The van der Waals surface area contributed by atoms with Gasteiger partial charge in [0.05, 0.1) is 12.2 Å². The molecule has 0 unspecified atom stereocenters. The van der Waals surface area contributed by atoms with Crippen LogP contribution in [0.2, 0.25) is 0 Å². The first kappa shape index (κ1) is 9.89. The number of hydrogen-bond acceptors (Lipinski definition) is 3. The lowest BCUT2D eigenvalue weighted by Crippen LogP contribution is -2.08. The maximum absolute atomic E-state index is 5.59. The second kappa shape index (κ2) is 4.25. The molecule has 2 rings (SSSR count). The van der Waals surface area contributed by atoms with Gasteiger partial charge in [0, 0.05) is 27.5 Å². The number of hydrogen-bond donors (Lipinski definition) is 1. The van der Waals surface area contributed by atoms with E-state index in [0.717, 1.165) is 16.7 Å². The van der Waals surface area contributed by atoms with E-state index in [2.05, 4.69) is 32.5 Å². The molecule has 2 aromatic rings. The van der Waals surface area contributed by atoms with Crippen molar-refractivity contribution in [2.24, 2.45) is 5.73 Å². The summed E-state index contributed by atoms with van der Waals surface area (Å²) in [5.74, 6) is 0. The highest BCUT2D eigenvalue weighted by molar-refractivity contribution is 9.10. The fraction of sp³-hybridized carbons (Fsp3) is 0.222. The van der Waals surface area contributed by atoms with Gasteiger partial charge in [0.2, 0.25) is 0 Å². The van der Waals surface area contributed by atoms with Crippen molar-refractivity contribution in [2.45, 2.75) is 13.1 Å². The Morgan fingerprint density at radius 2 is 2.43 bits per heavy atom. The Morgan fingerprint density at radius 1 is 1.57 bits per heavy atom. The van der Waals surface area contributed by atoms with Crippen LogP contribution in [0.15, 0.2) is 28.2 Å². The third-order valence-electron chi connectivity index (χ3n) is 1.94. The van der Waals surface area contributed by atoms with Crippen LogP contribution in [0.3, 0.4) is 0 Å². The van der Waals surface area contributed by atoms with Crippen molar-refractivity contribution >= 4 is 27.3 Å². The molecule has 0 aromatic carbocycles. The van der Waals surface area contributed by atoms with Gasteiger partial charge in [-0.05, 0) is 28.1 Å². The van der Waals surface area contributed by atoms with E-state index >= 15 is 0 Å². The van der Waals surface area contributed by atoms with E-state index in [1.165, 1.54) is 4.88 Å². The van der Waals surface area contributed by atoms with Crippen LogP contribution in [-0.4, -0.2) is 9.78 Å². The molecule has 14 heavy (non-hydrogen) atoms. The predicted octanol–water partition coefficient (Wildman–Crippen LogP) is 2.21. The number of halogens is 1. The fourth-order valence-electron chi connectivity index (χ4n) is 1.26. The number of nitrogens with two attached hydrogens (primary N) is 1. The second-order valence-corrected chi connectivity index (χ2v) is 4.83. The van der Waals surface area contributed by atoms with Crippen LogP contribution in [0.1, 0.15) is 10.6 Å². The maximum atomic E-state index is 5.59. The summed E-state index contributed by atoms with van der Waals surface area (Å²) < 4.78 is 3.05. The molecular formula is C9H10BrN3S. The molecular weight excluding hydrogens is 262 g/mol. The lowest BCUT2D eigenvalue weighted by molar-refractivity contribution is 0.652. The van der Waals surface area contributed by atoms with Crippen LogP contribution in [0.5, 0.6) is 0 Å². The van der Waals surface area contributed by atoms with E-state index in [0.29, 0.717) is 6.54 Å². The van der Waals surface area contributed by atoms with E-state index in [-0.39, 0.29) is 0 Å². The molecule has 0 saturated carbocycles. The first-order valence-corrected chi connectivity index (χ1v) is 5.90. The summed E-state index contributed by atoms with van der Waals surface area (Å²) in [6.45, 7) is 1.34. The van der Waals surface area contributed by atoms with Crippen LogP contribution in [0, 0.1) is 0 Å². The highest BCUT2D eigenvalue weighted by Crippen LogP contribution is 2.20. The Balaban J connectivity index is 2.18. The summed E-state index contributed by atoms with van der Waals surface area (Å²) in [6.07, 6.45) is 1.78. The average molecular weight is 272 g/mol. The quantitative estimate of drug-likeness (QED) is 0.931. The average Bonchev–Trinajstić information content (AvgIpc) is 2.76. The third-order valence-corrected chi connectivity index (χ3v) is 3.62. The predicted molar refractivity (Wildman–Crippen MR) is 61.2 cm³/mol. The van der Waals surface area contributed by atoms with Gasteiger partial charge in [-0.25, -0.2) is 0 Å². The Hall–Kier alpha value is -0.650. The van der Waals surface area contributed by atoms with E-state index < -0.39 is 0 Å². The molecule has 2 N–H and O–H groups in total. The van der Waals surface area contributed by atoms with Gasteiger partial charge < -0.3 is 5.73 Å². The Morgan fingerprint density at radius 3 is 3.07 bits per heavy atom. The van der Waals surface area contributed by atoms with E-state index in [1.54, 1.807) is 17.5 Å². The topological polar surface area (TPSA) is 43.8 Å². The Labute approximate surface area is 94.7 Å². The van der Waals surface area contributed by atoms with Crippen molar-refractivity contribution in [2.75, 3.05) is 0 Å². The molecule has 0 aliphatic carbocycles. The first-order valence-electron chi connectivity index (χ1n) is 4.23. The zero-order chi connectivity index (χ0) is 9.97. The van der Waals surface area contributed by atoms with Crippen molar-refractivity contribution < 1.29 is 0 Å². The van der Waals surface area contributed by atoms with Gasteiger partial charge in [0.15, 0.2) is 0 Å². The molecule has 74 valence electrons. The van der Waals surface area contributed by atoms with E-state index in [4.69, 9.17) is 5.73 Å². The van der Waals surface area contributed by atoms with Gasteiger partial charge in [-0.3, -0.25) is 4.68 Å². The van der Waals surface area contributed by atoms with Gasteiger partial charge in [0.1, 0.15) is 0 Å². The molecule has 0 fully saturated rings. The van der Waals surface area contributed by atoms with Crippen molar-refractivity contribution in [3.63, 3.8) is 0 Å². The lowest BCUT2D eigenvalue weighted by atomic mass is 10.4. The molecule has 3 nitrogen and oxygen atoms in total. The molecule has 0 aliphatic rings. The SMILES string of the molecule is NCc1ccnn1Cc1cc(Br)cs1. The van der Waals surface area contributed by atoms with Gasteiger partial charge in [0.25, 0.3) is 0 Å². The molecule has 2 heterocycles. The molecule has 0 atom stereocenters. The molecule has 0 saturated heterocycles. The van der Waals surface area contributed by atoms with Crippen LogP contribution < -0.4 is 5.73 Å². The van der Waals surface area contributed by atoms with Crippen molar-refractivity contribution in [3.05, 3.63) is 38.8 Å². The number of aromatic nitrogens is 2. The minimum Gasteiger partial charge on any atom is -0.325 e. The smallest absolute Gasteiger partial charge is 0.0756 e. The summed E-state index contributed by atoms with van der Waals surface area (Å²) in [4.78, 5) is 1.27. The Bertz CT molecular complexity index is 421. The molecule has 0 bridgehead atoms. The number of rotatable bonds is 3. The fourth-order valence-corrected chi connectivity index (χ4v) is 2.69. The maximum Gasteiger partial charge on any atom is 0.0756 e. The summed E-state index contributed by atoms with van der Waals surface area (Å²) in [5, 5.41) is 6.29. The summed E-state index contributed by atoms with van der Waals surface area (Å²) >= 11 is 5.15. The van der Waals surface area contributed by atoms with Crippen molar-refractivity contribution in [1.82, 2.24) is 9.78 Å². The monoisotopic (exact) mass is 271 g/mol. The highest BCUT2D eigenvalue weighted by atomic mass is 79.9. The van der Waals surface area contributed by atoms with E-state index in [9.17, 15) is 0 Å². The van der Waals surface area contributed by atoms with E-state index in [1.807, 2.05) is 10.7 Å². The number of nitrogens with zero attached hydrogens (tertiary/aromatic N) is 2. The molecule has 2 aromatic heterocycles. The van der Waals surface area contributed by atoms with Gasteiger partial charge >= 0.3 is 0 Å². The zero-order valence-electron chi connectivity index (χ0n) is 7.48. The molecule has 0 radical (unpaired) electrons. The molecule has 0 spiro atoms. The molecule has 5 heteroatoms. The third kappa shape index (κ3) is 2.05. The molecule has 0 aliphatic heterocycles. The summed E-state index contributed by atoms with van der Waals surface area (Å²) in [5.41, 5.74) is 6.65. The molecule has 0 amide bonds. The Kier molecular flexibility index (Phi) is 3.00. The van der Waals surface area contributed by atoms with Gasteiger partial charge in [-0.15, -0.1) is 11.3 Å².